The third kappa shape index (κ3) is 3.69. The van der Waals surface area contributed by atoms with Crippen LogP contribution in [0, 0.1) is 5.82 Å². The van der Waals surface area contributed by atoms with Crippen molar-refractivity contribution in [3.8, 4) is 0 Å². The van der Waals surface area contributed by atoms with E-state index in [1.165, 1.54) is 12.1 Å². The van der Waals surface area contributed by atoms with Crippen molar-refractivity contribution in [2.24, 2.45) is 0 Å². The molecule has 0 unspecified atom stereocenters. The van der Waals surface area contributed by atoms with Crippen LogP contribution in [0.3, 0.4) is 0 Å². The summed E-state index contributed by atoms with van der Waals surface area (Å²) in [5, 5.41) is 8.56. The molecule has 2 rings (SSSR count). The third-order valence-corrected chi connectivity index (χ3v) is 3.38. The number of aliphatic carboxylic acids is 1. The first-order valence-electron chi connectivity index (χ1n) is 6.56. The molecule has 1 aromatic rings. The fraction of sp³-hybridized carbons (Fsp3) is 0.429. The lowest BCUT2D eigenvalue weighted by atomic mass is 10.2. The zero-order valence-corrected chi connectivity index (χ0v) is 11.1. The molecule has 1 saturated heterocycles. The van der Waals surface area contributed by atoms with E-state index in [-0.39, 0.29) is 24.6 Å². The number of carbonyl (C=O) groups excluding carboxylic acids is 1. The summed E-state index contributed by atoms with van der Waals surface area (Å²) in [7, 11) is 0. The molecule has 6 heteroatoms. The van der Waals surface area contributed by atoms with Crippen LogP contribution in [0.4, 0.5) is 10.1 Å². The highest BCUT2D eigenvalue weighted by molar-refractivity contribution is 5.81. The molecule has 20 heavy (non-hydrogen) atoms. The first kappa shape index (κ1) is 14.3. The molecule has 1 N–H and O–H groups in total. The molecule has 0 saturated carbocycles. The van der Waals surface area contributed by atoms with Crippen molar-refractivity contribution in [3.05, 3.63) is 30.1 Å². The predicted octanol–water partition coefficient (Wildman–Crippen LogP) is 1.34. The van der Waals surface area contributed by atoms with Gasteiger partial charge >= 0.3 is 5.97 Å². The van der Waals surface area contributed by atoms with Crippen LogP contribution >= 0.6 is 0 Å². The van der Waals surface area contributed by atoms with Crippen LogP contribution in [0.1, 0.15) is 12.8 Å². The van der Waals surface area contributed by atoms with Crippen LogP contribution in [0.25, 0.3) is 0 Å². The van der Waals surface area contributed by atoms with E-state index in [4.69, 9.17) is 5.11 Å². The minimum Gasteiger partial charge on any atom is -0.481 e. The van der Waals surface area contributed by atoms with E-state index in [1.807, 2.05) is 0 Å². The Morgan fingerprint density at radius 2 is 1.65 bits per heavy atom. The van der Waals surface area contributed by atoms with Gasteiger partial charge in [-0.2, -0.15) is 0 Å². The number of hydrogen-bond acceptors (Lipinski definition) is 3. The van der Waals surface area contributed by atoms with Gasteiger partial charge < -0.3 is 14.9 Å². The maximum atomic E-state index is 12.9. The van der Waals surface area contributed by atoms with Gasteiger partial charge in [0.2, 0.25) is 5.91 Å². The van der Waals surface area contributed by atoms with Crippen LogP contribution in [0.15, 0.2) is 24.3 Å². The van der Waals surface area contributed by atoms with E-state index in [9.17, 15) is 14.0 Å². The Balaban J connectivity index is 1.84. The number of rotatable bonds is 4. The molecule has 0 bridgehead atoms. The summed E-state index contributed by atoms with van der Waals surface area (Å²) in [6.07, 6.45) is -0.0805. The second kappa shape index (κ2) is 6.36. The number of carbonyl (C=O) groups is 2. The number of amides is 1. The van der Waals surface area contributed by atoms with Crippen molar-refractivity contribution in [1.29, 1.82) is 0 Å². The molecule has 1 amide bonds. The van der Waals surface area contributed by atoms with E-state index in [2.05, 4.69) is 4.90 Å². The van der Waals surface area contributed by atoms with Gasteiger partial charge in [0, 0.05) is 38.3 Å². The fourth-order valence-corrected chi connectivity index (χ4v) is 2.24. The number of halogens is 1. The summed E-state index contributed by atoms with van der Waals surface area (Å²) in [6, 6.07) is 6.27. The van der Waals surface area contributed by atoms with Gasteiger partial charge in [0.1, 0.15) is 5.82 Å². The van der Waals surface area contributed by atoms with E-state index in [0.29, 0.717) is 26.2 Å². The molecule has 0 radical (unpaired) electrons. The van der Waals surface area contributed by atoms with Crippen LogP contribution in [-0.4, -0.2) is 48.1 Å². The van der Waals surface area contributed by atoms with Gasteiger partial charge in [0.05, 0.1) is 6.42 Å². The number of carboxylic acids is 1. The number of nitrogens with zero attached hydrogens (tertiary/aromatic N) is 2. The number of hydrogen-bond donors (Lipinski definition) is 1. The highest BCUT2D eigenvalue weighted by Gasteiger charge is 2.21. The zero-order valence-electron chi connectivity index (χ0n) is 11.1. The van der Waals surface area contributed by atoms with E-state index < -0.39 is 5.97 Å². The van der Waals surface area contributed by atoms with Crippen molar-refractivity contribution >= 4 is 17.6 Å². The average Bonchev–Trinajstić information content (AvgIpc) is 2.46. The summed E-state index contributed by atoms with van der Waals surface area (Å²) in [6.45, 7) is 2.47. The lowest BCUT2D eigenvalue weighted by molar-refractivity contribution is -0.141. The third-order valence-electron chi connectivity index (χ3n) is 3.38. The Labute approximate surface area is 116 Å². The standard InChI is InChI=1S/C14H17FN2O3/c15-11-1-3-12(4-2-11)16-7-9-17(10-8-16)13(18)5-6-14(19)20/h1-4H,5-10H2,(H,19,20). The SMILES string of the molecule is O=C(O)CCC(=O)N1CCN(c2ccc(F)cc2)CC1. The number of carboxylic acid groups (broad SMARTS) is 1. The van der Waals surface area contributed by atoms with Crippen LogP contribution < -0.4 is 4.90 Å². The van der Waals surface area contributed by atoms with Gasteiger partial charge in [-0.3, -0.25) is 9.59 Å². The van der Waals surface area contributed by atoms with E-state index in [0.717, 1.165) is 5.69 Å². The van der Waals surface area contributed by atoms with Crippen molar-refractivity contribution in [2.75, 3.05) is 31.1 Å². The molecule has 0 spiro atoms. The number of piperazine rings is 1. The Kier molecular flexibility index (Phi) is 4.55. The van der Waals surface area contributed by atoms with Crippen LogP contribution in [0.2, 0.25) is 0 Å². The van der Waals surface area contributed by atoms with Crippen LogP contribution in [0.5, 0.6) is 0 Å². The first-order valence-corrected chi connectivity index (χ1v) is 6.56. The average molecular weight is 280 g/mol. The molecule has 1 aliphatic heterocycles. The second-order valence-electron chi connectivity index (χ2n) is 4.74. The van der Waals surface area contributed by atoms with Crippen molar-refractivity contribution < 1.29 is 19.1 Å². The highest BCUT2D eigenvalue weighted by Crippen LogP contribution is 2.17. The molecule has 108 valence electrons. The molecule has 0 aliphatic carbocycles. The summed E-state index contributed by atoms with van der Waals surface area (Å²) < 4.78 is 12.9. The topological polar surface area (TPSA) is 60.9 Å². The zero-order chi connectivity index (χ0) is 14.5. The molecule has 0 atom stereocenters. The lowest BCUT2D eigenvalue weighted by Crippen LogP contribution is -2.48. The summed E-state index contributed by atoms with van der Waals surface area (Å²) in [5.41, 5.74) is 0.934. The molecule has 5 nitrogen and oxygen atoms in total. The Bertz CT molecular complexity index is 482. The predicted molar refractivity (Wildman–Crippen MR) is 72.1 cm³/mol. The maximum Gasteiger partial charge on any atom is 0.303 e. The summed E-state index contributed by atoms with van der Waals surface area (Å²) in [5.74, 6) is -1.34. The van der Waals surface area contributed by atoms with Crippen molar-refractivity contribution in [3.63, 3.8) is 0 Å². The van der Waals surface area contributed by atoms with Crippen LogP contribution in [-0.2, 0) is 9.59 Å². The van der Waals surface area contributed by atoms with Gasteiger partial charge in [-0.15, -0.1) is 0 Å². The minimum absolute atomic E-state index is 0.0475. The Morgan fingerprint density at radius 3 is 2.20 bits per heavy atom. The van der Waals surface area contributed by atoms with Gasteiger partial charge in [-0.05, 0) is 24.3 Å². The molecule has 1 fully saturated rings. The van der Waals surface area contributed by atoms with Gasteiger partial charge in [-0.1, -0.05) is 0 Å². The smallest absolute Gasteiger partial charge is 0.303 e. The van der Waals surface area contributed by atoms with Crippen molar-refractivity contribution in [1.82, 2.24) is 4.90 Å². The van der Waals surface area contributed by atoms with Gasteiger partial charge in [0.25, 0.3) is 0 Å². The molecule has 0 aromatic heterocycles. The molecular weight excluding hydrogens is 263 g/mol. The largest absolute Gasteiger partial charge is 0.481 e. The maximum absolute atomic E-state index is 12.9. The molecular formula is C14H17FN2O3. The monoisotopic (exact) mass is 280 g/mol. The van der Waals surface area contributed by atoms with Crippen molar-refractivity contribution in [2.45, 2.75) is 12.8 Å². The number of anilines is 1. The Morgan fingerprint density at radius 1 is 1.05 bits per heavy atom. The highest BCUT2D eigenvalue weighted by atomic mass is 19.1. The summed E-state index contributed by atoms with van der Waals surface area (Å²) in [4.78, 5) is 26.0. The fourth-order valence-electron chi connectivity index (χ4n) is 2.24. The molecule has 1 aliphatic rings. The summed E-state index contributed by atoms with van der Waals surface area (Å²) >= 11 is 0. The minimum atomic E-state index is -0.955. The first-order chi connectivity index (χ1) is 9.56. The van der Waals surface area contributed by atoms with E-state index >= 15 is 0 Å². The second-order valence-corrected chi connectivity index (χ2v) is 4.74. The van der Waals surface area contributed by atoms with Gasteiger partial charge in [-0.25, -0.2) is 4.39 Å². The molecule has 1 heterocycles. The van der Waals surface area contributed by atoms with E-state index in [1.54, 1.807) is 17.0 Å². The number of benzene rings is 1. The quantitative estimate of drug-likeness (QED) is 0.904. The normalized spacial score (nSPS) is 15.2. The van der Waals surface area contributed by atoms with Gasteiger partial charge in [0.15, 0.2) is 0 Å². The lowest BCUT2D eigenvalue weighted by Gasteiger charge is -2.36. The Hall–Kier alpha value is -2.11. The molecule has 1 aromatic carbocycles.